The second-order valence-electron chi connectivity index (χ2n) is 2.77. The Morgan fingerprint density at radius 3 is 2.69 bits per heavy atom. The lowest BCUT2D eigenvalue weighted by Crippen LogP contribution is -2.05. The Morgan fingerprint density at radius 1 is 1.44 bits per heavy atom. The number of hydrogen-bond acceptors (Lipinski definition) is 5. The van der Waals surface area contributed by atoms with E-state index in [1.807, 2.05) is 6.07 Å². The van der Waals surface area contributed by atoms with Gasteiger partial charge in [-0.3, -0.25) is 0 Å². The normalized spacial score (nSPS) is 11.7. The molecular formula is C11H12N2O3. The number of hydrogen-bond donors (Lipinski definition) is 1. The fraction of sp³-hybridized carbons (Fsp3) is 0.182. The smallest absolute Gasteiger partial charge is 0.362 e. The molecule has 0 heterocycles. The van der Waals surface area contributed by atoms with Crippen molar-refractivity contribution in [2.75, 3.05) is 6.61 Å². The Balaban J connectivity index is 2.72. The van der Waals surface area contributed by atoms with E-state index in [1.165, 1.54) is 0 Å². The molecule has 0 spiro atoms. The summed E-state index contributed by atoms with van der Waals surface area (Å²) in [5.74, 6) is -0.704. The van der Waals surface area contributed by atoms with Crippen molar-refractivity contribution in [1.29, 1.82) is 0 Å². The molecule has 0 radical (unpaired) electrons. The van der Waals surface area contributed by atoms with Gasteiger partial charge in [-0.15, -0.1) is 5.11 Å². The van der Waals surface area contributed by atoms with E-state index in [0.717, 1.165) is 0 Å². The van der Waals surface area contributed by atoms with Gasteiger partial charge in [0.15, 0.2) is 0 Å². The zero-order valence-electron chi connectivity index (χ0n) is 8.83. The zero-order valence-corrected chi connectivity index (χ0v) is 8.83. The molecule has 0 saturated heterocycles. The minimum absolute atomic E-state index is 0.219. The fourth-order valence-electron chi connectivity index (χ4n) is 0.931. The fourth-order valence-corrected chi connectivity index (χ4v) is 0.931. The van der Waals surface area contributed by atoms with Crippen LogP contribution in [0, 0.1) is 0 Å². The average molecular weight is 220 g/mol. The van der Waals surface area contributed by atoms with E-state index in [2.05, 4.69) is 15.0 Å². The first kappa shape index (κ1) is 11.9. The summed E-state index contributed by atoms with van der Waals surface area (Å²) in [6.07, 6.45) is 0.574. The van der Waals surface area contributed by atoms with Crippen LogP contribution in [0.3, 0.4) is 0 Å². The van der Waals surface area contributed by atoms with Crippen molar-refractivity contribution in [3.63, 3.8) is 0 Å². The van der Waals surface area contributed by atoms with Gasteiger partial charge < -0.3 is 9.84 Å². The van der Waals surface area contributed by atoms with Gasteiger partial charge in [-0.25, -0.2) is 4.79 Å². The number of aliphatic hydroxyl groups excluding tert-OH is 1. The Labute approximate surface area is 93.1 Å². The van der Waals surface area contributed by atoms with E-state index in [-0.39, 0.29) is 12.3 Å². The standard InChI is InChI=1S/C11H12N2O3/c1-2-16-11(15)10(8-14)13-12-9-6-4-3-5-7-9/h3-8,14H,2H2,1H3. The summed E-state index contributed by atoms with van der Waals surface area (Å²) >= 11 is 0. The molecule has 0 aliphatic rings. The van der Waals surface area contributed by atoms with Crippen molar-refractivity contribution in [2.45, 2.75) is 6.92 Å². The van der Waals surface area contributed by atoms with E-state index < -0.39 is 5.97 Å². The maximum Gasteiger partial charge on any atom is 0.362 e. The number of benzene rings is 1. The number of rotatable bonds is 4. The van der Waals surface area contributed by atoms with Gasteiger partial charge in [0, 0.05) is 0 Å². The second-order valence-corrected chi connectivity index (χ2v) is 2.77. The van der Waals surface area contributed by atoms with Gasteiger partial charge in [0.05, 0.1) is 12.3 Å². The maximum atomic E-state index is 11.2. The molecule has 0 fully saturated rings. The zero-order chi connectivity index (χ0) is 11.8. The molecule has 1 aromatic carbocycles. The van der Waals surface area contributed by atoms with Crippen LogP contribution in [0.5, 0.6) is 0 Å². The predicted octanol–water partition coefficient (Wildman–Crippen LogP) is 2.73. The van der Waals surface area contributed by atoms with Crippen LogP contribution in [0.15, 0.2) is 52.5 Å². The minimum atomic E-state index is -0.704. The molecule has 16 heavy (non-hydrogen) atoms. The van der Waals surface area contributed by atoms with Crippen molar-refractivity contribution in [3.8, 4) is 0 Å². The quantitative estimate of drug-likeness (QED) is 0.367. The van der Waals surface area contributed by atoms with Gasteiger partial charge in [0.25, 0.3) is 0 Å². The van der Waals surface area contributed by atoms with Crippen LogP contribution in [-0.2, 0) is 9.53 Å². The van der Waals surface area contributed by atoms with Crippen LogP contribution < -0.4 is 0 Å². The molecule has 5 nitrogen and oxygen atoms in total. The average Bonchev–Trinajstić information content (AvgIpc) is 2.31. The van der Waals surface area contributed by atoms with Gasteiger partial charge >= 0.3 is 5.97 Å². The molecule has 0 saturated carbocycles. The summed E-state index contributed by atoms with van der Waals surface area (Å²) in [6, 6.07) is 8.88. The molecule has 0 aliphatic carbocycles. The number of carbonyl (C=O) groups excluding carboxylic acids is 1. The van der Waals surface area contributed by atoms with Gasteiger partial charge in [-0.05, 0) is 19.1 Å². The molecule has 0 aliphatic heterocycles. The van der Waals surface area contributed by atoms with E-state index in [0.29, 0.717) is 11.9 Å². The second kappa shape index (κ2) is 6.34. The Hall–Kier alpha value is -2.17. The predicted molar refractivity (Wildman–Crippen MR) is 58.3 cm³/mol. The lowest BCUT2D eigenvalue weighted by atomic mass is 10.3. The van der Waals surface area contributed by atoms with E-state index >= 15 is 0 Å². The largest absolute Gasteiger partial charge is 0.513 e. The summed E-state index contributed by atoms with van der Waals surface area (Å²) in [7, 11) is 0. The van der Waals surface area contributed by atoms with Crippen LogP contribution in [0.4, 0.5) is 5.69 Å². The van der Waals surface area contributed by atoms with Crippen LogP contribution in [-0.4, -0.2) is 17.7 Å². The Bertz CT molecular complexity index is 399. The van der Waals surface area contributed by atoms with Crippen LogP contribution in [0.2, 0.25) is 0 Å². The number of esters is 1. The first-order valence-corrected chi connectivity index (χ1v) is 4.76. The Morgan fingerprint density at radius 2 is 2.12 bits per heavy atom. The molecule has 0 amide bonds. The van der Waals surface area contributed by atoms with Crippen molar-refractivity contribution >= 4 is 11.7 Å². The molecule has 0 atom stereocenters. The van der Waals surface area contributed by atoms with Gasteiger partial charge in [0.2, 0.25) is 5.70 Å². The summed E-state index contributed by atoms with van der Waals surface area (Å²) in [6.45, 7) is 1.89. The van der Waals surface area contributed by atoms with Crippen molar-refractivity contribution in [3.05, 3.63) is 42.3 Å². The molecular weight excluding hydrogens is 208 g/mol. The number of aliphatic hydroxyl groups is 1. The molecule has 0 aromatic heterocycles. The van der Waals surface area contributed by atoms with Gasteiger partial charge in [0.1, 0.15) is 6.26 Å². The number of carbonyl (C=O) groups is 1. The number of azo groups is 1. The van der Waals surface area contributed by atoms with Gasteiger partial charge in [-0.2, -0.15) is 5.11 Å². The van der Waals surface area contributed by atoms with Gasteiger partial charge in [-0.1, -0.05) is 18.2 Å². The molecule has 1 N–H and O–H groups in total. The molecule has 5 heteroatoms. The van der Waals surface area contributed by atoms with E-state index in [9.17, 15) is 4.79 Å². The SMILES string of the molecule is CCOC(=O)C(=CO)N=Nc1ccccc1. The first-order valence-electron chi connectivity index (χ1n) is 4.76. The third-order valence-electron chi connectivity index (χ3n) is 1.64. The minimum Gasteiger partial charge on any atom is -0.513 e. The first-order chi connectivity index (χ1) is 7.77. The highest BCUT2D eigenvalue weighted by atomic mass is 16.5. The highest BCUT2D eigenvalue weighted by Gasteiger charge is 2.09. The molecule has 0 bridgehead atoms. The highest BCUT2D eigenvalue weighted by molar-refractivity contribution is 5.87. The maximum absolute atomic E-state index is 11.2. The van der Waals surface area contributed by atoms with Crippen LogP contribution in [0.1, 0.15) is 6.92 Å². The summed E-state index contributed by atoms with van der Waals surface area (Å²) < 4.78 is 4.66. The summed E-state index contributed by atoms with van der Waals surface area (Å²) in [5, 5.41) is 16.2. The highest BCUT2D eigenvalue weighted by Crippen LogP contribution is 2.12. The van der Waals surface area contributed by atoms with E-state index in [1.54, 1.807) is 31.2 Å². The topological polar surface area (TPSA) is 71.2 Å². The Kier molecular flexibility index (Phi) is 4.72. The third-order valence-corrected chi connectivity index (χ3v) is 1.64. The molecule has 0 unspecified atom stereocenters. The van der Waals surface area contributed by atoms with Crippen molar-refractivity contribution in [2.24, 2.45) is 10.2 Å². The number of nitrogens with zero attached hydrogens (tertiary/aromatic N) is 2. The van der Waals surface area contributed by atoms with Crippen LogP contribution in [0.25, 0.3) is 0 Å². The summed E-state index contributed by atoms with van der Waals surface area (Å²) in [4.78, 5) is 11.2. The summed E-state index contributed by atoms with van der Waals surface area (Å²) in [5.41, 5.74) is 0.358. The number of ether oxygens (including phenoxy) is 1. The third kappa shape index (κ3) is 3.53. The van der Waals surface area contributed by atoms with Crippen molar-refractivity contribution < 1.29 is 14.6 Å². The van der Waals surface area contributed by atoms with Crippen LogP contribution >= 0.6 is 0 Å². The lowest BCUT2D eigenvalue weighted by Gasteiger charge is -1.98. The molecule has 1 rings (SSSR count). The molecule has 1 aromatic rings. The van der Waals surface area contributed by atoms with Crippen molar-refractivity contribution in [1.82, 2.24) is 0 Å². The van der Waals surface area contributed by atoms with E-state index in [4.69, 9.17) is 5.11 Å². The lowest BCUT2D eigenvalue weighted by molar-refractivity contribution is -0.138. The molecule has 84 valence electrons. The monoisotopic (exact) mass is 220 g/mol.